The number of amides is 1. The second kappa shape index (κ2) is 10.9. The summed E-state index contributed by atoms with van der Waals surface area (Å²) in [6.45, 7) is 14.1. The highest BCUT2D eigenvalue weighted by molar-refractivity contribution is 5.68. The van der Waals surface area contributed by atoms with E-state index < -0.39 is 11.7 Å². The van der Waals surface area contributed by atoms with Crippen LogP contribution in [-0.2, 0) is 20.8 Å². The van der Waals surface area contributed by atoms with E-state index in [4.69, 9.17) is 14.2 Å². The molecular formula is C24H35NO4. The van der Waals surface area contributed by atoms with Crippen LogP contribution in [0.15, 0.2) is 55.0 Å². The molecule has 1 aliphatic rings. The van der Waals surface area contributed by atoms with Crippen LogP contribution in [0.25, 0.3) is 0 Å². The number of nitrogens with one attached hydrogen (secondary N) is 1. The Labute approximate surface area is 175 Å². The smallest absolute Gasteiger partial charge is 0.408 e. The Morgan fingerprint density at radius 1 is 1.17 bits per heavy atom. The molecule has 0 heterocycles. The lowest BCUT2D eigenvalue weighted by Crippen LogP contribution is -2.41. The molecule has 29 heavy (non-hydrogen) atoms. The fraction of sp³-hybridized carbons (Fsp3) is 0.542. The van der Waals surface area contributed by atoms with Crippen molar-refractivity contribution in [2.45, 2.75) is 83.6 Å². The summed E-state index contributed by atoms with van der Waals surface area (Å²) in [5.74, 6) is 1.23. The van der Waals surface area contributed by atoms with Crippen molar-refractivity contribution in [2.24, 2.45) is 0 Å². The van der Waals surface area contributed by atoms with E-state index in [1.807, 2.05) is 51.1 Å². The lowest BCUT2D eigenvalue weighted by Gasteiger charge is -2.26. The fourth-order valence-corrected chi connectivity index (χ4v) is 3.20. The van der Waals surface area contributed by atoms with E-state index in [1.54, 1.807) is 0 Å². The zero-order chi connectivity index (χ0) is 21.3. The van der Waals surface area contributed by atoms with Crippen molar-refractivity contribution < 1.29 is 19.0 Å². The normalized spacial score (nSPS) is 15.4. The molecule has 5 nitrogen and oxygen atoms in total. The molecule has 5 heteroatoms. The number of hydrogen-bond acceptors (Lipinski definition) is 4. The van der Waals surface area contributed by atoms with Crippen LogP contribution in [0.1, 0.15) is 64.9 Å². The lowest BCUT2D eigenvalue weighted by molar-refractivity contribution is 0.0459. The van der Waals surface area contributed by atoms with Gasteiger partial charge in [0.2, 0.25) is 0 Å². The maximum absolute atomic E-state index is 12.3. The molecule has 0 unspecified atom stereocenters. The van der Waals surface area contributed by atoms with Crippen molar-refractivity contribution in [3.05, 3.63) is 60.6 Å². The molecule has 1 saturated carbocycles. The van der Waals surface area contributed by atoms with E-state index in [0.29, 0.717) is 31.0 Å². The van der Waals surface area contributed by atoms with Gasteiger partial charge in [0.15, 0.2) is 0 Å². The van der Waals surface area contributed by atoms with Crippen molar-refractivity contribution in [1.82, 2.24) is 5.32 Å². The molecule has 0 bridgehead atoms. The molecule has 1 aliphatic carbocycles. The van der Waals surface area contributed by atoms with Gasteiger partial charge < -0.3 is 19.5 Å². The molecule has 1 aromatic rings. The molecular weight excluding hydrogens is 366 g/mol. The summed E-state index contributed by atoms with van der Waals surface area (Å²) in [5.41, 5.74) is 0.524. The second-order valence-electron chi connectivity index (χ2n) is 8.54. The number of carbonyl (C=O) groups is 1. The Bertz CT molecular complexity index is 672. The largest absolute Gasteiger partial charge is 0.494 e. The summed E-state index contributed by atoms with van der Waals surface area (Å²) in [6, 6.07) is 9.59. The molecule has 1 N–H and O–H groups in total. The average molecular weight is 402 g/mol. The van der Waals surface area contributed by atoms with Crippen LogP contribution < -0.4 is 5.32 Å². The number of carbonyl (C=O) groups excluding carboxylic acids is 1. The Kier molecular flexibility index (Phi) is 8.62. The topological polar surface area (TPSA) is 56.8 Å². The fourth-order valence-electron chi connectivity index (χ4n) is 3.20. The van der Waals surface area contributed by atoms with Crippen molar-refractivity contribution >= 4 is 6.09 Å². The van der Waals surface area contributed by atoms with Gasteiger partial charge in [0.05, 0.1) is 17.9 Å². The summed E-state index contributed by atoms with van der Waals surface area (Å²) in [7, 11) is 0. The van der Waals surface area contributed by atoms with E-state index in [-0.39, 0.29) is 12.1 Å². The molecule has 0 spiro atoms. The number of ether oxygens (including phenoxy) is 3. The number of rotatable bonds is 10. The van der Waals surface area contributed by atoms with Gasteiger partial charge in [-0.25, -0.2) is 4.79 Å². The zero-order valence-corrected chi connectivity index (χ0v) is 18.0. The van der Waals surface area contributed by atoms with Gasteiger partial charge in [-0.1, -0.05) is 43.5 Å². The van der Waals surface area contributed by atoms with Crippen LogP contribution in [-0.4, -0.2) is 23.8 Å². The minimum Gasteiger partial charge on any atom is -0.494 e. The first-order valence-corrected chi connectivity index (χ1v) is 10.4. The lowest BCUT2D eigenvalue weighted by atomic mass is 10.1. The van der Waals surface area contributed by atoms with Gasteiger partial charge in [0.25, 0.3) is 0 Å². The van der Waals surface area contributed by atoms with E-state index in [0.717, 1.165) is 18.4 Å². The highest BCUT2D eigenvalue weighted by atomic mass is 16.6. The van der Waals surface area contributed by atoms with Gasteiger partial charge >= 0.3 is 6.09 Å². The Morgan fingerprint density at radius 2 is 1.83 bits per heavy atom. The minimum absolute atomic E-state index is 0.183. The first-order valence-electron chi connectivity index (χ1n) is 10.4. The predicted octanol–water partition coefficient (Wildman–Crippen LogP) is 5.86. The van der Waals surface area contributed by atoms with Crippen molar-refractivity contribution in [3.8, 4) is 0 Å². The average Bonchev–Trinajstić information content (AvgIpc) is 3.15. The molecule has 1 aromatic carbocycles. The Morgan fingerprint density at radius 3 is 2.45 bits per heavy atom. The third-order valence-corrected chi connectivity index (χ3v) is 4.70. The van der Waals surface area contributed by atoms with Gasteiger partial charge in [0.1, 0.15) is 18.0 Å². The Balaban J connectivity index is 1.87. The summed E-state index contributed by atoms with van der Waals surface area (Å²) >= 11 is 0. The van der Waals surface area contributed by atoms with E-state index in [1.165, 1.54) is 12.8 Å². The molecule has 160 valence electrons. The second-order valence-corrected chi connectivity index (χ2v) is 8.54. The molecule has 0 radical (unpaired) electrons. The number of benzene rings is 1. The highest BCUT2D eigenvalue weighted by Crippen LogP contribution is 2.25. The summed E-state index contributed by atoms with van der Waals surface area (Å²) in [4.78, 5) is 12.3. The van der Waals surface area contributed by atoms with Crippen molar-refractivity contribution in [1.29, 1.82) is 0 Å². The highest BCUT2D eigenvalue weighted by Gasteiger charge is 2.25. The van der Waals surface area contributed by atoms with E-state index >= 15 is 0 Å². The predicted molar refractivity (Wildman–Crippen MR) is 115 cm³/mol. The SMILES string of the molecule is C=C(CC[C@H](NC(=O)OC(C)(C)C)C(=C)OC1CCCC1)OCc1ccccc1. The standard InChI is InChI=1S/C24H35NO4/c1-18(27-17-20-11-7-6-8-12-20)15-16-22(25-23(26)29-24(3,4)5)19(2)28-21-13-9-10-14-21/h6-8,11-12,21-22H,1-2,9-10,13-17H2,3-5H3,(H,25,26)/t22-/m0/s1. The van der Waals surface area contributed by atoms with Gasteiger partial charge in [-0.05, 0) is 58.4 Å². The van der Waals surface area contributed by atoms with Crippen LogP contribution in [0.4, 0.5) is 4.79 Å². The van der Waals surface area contributed by atoms with Crippen LogP contribution in [0.3, 0.4) is 0 Å². The maximum Gasteiger partial charge on any atom is 0.408 e. The molecule has 0 aromatic heterocycles. The molecule has 0 saturated heterocycles. The number of alkyl carbamates (subject to hydrolysis) is 1. The van der Waals surface area contributed by atoms with Gasteiger partial charge in [0, 0.05) is 6.42 Å². The summed E-state index contributed by atoms with van der Waals surface area (Å²) in [5, 5.41) is 2.89. The number of allylic oxidation sites excluding steroid dienone is 1. The van der Waals surface area contributed by atoms with Gasteiger partial charge in [-0.2, -0.15) is 0 Å². The maximum atomic E-state index is 12.3. The molecule has 0 aliphatic heterocycles. The van der Waals surface area contributed by atoms with Crippen LogP contribution >= 0.6 is 0 Å². The summed E-state index contributed by atoms with van der Waals surface area (Å²) < 4.78 is 17.2. The monoisotopic (exact) mass is 401 g/mol. The van der Waals surface area contributed by atoms with Gasteiger partial charge in [-0.15, -0.1) is 0 Å². The molecule has 1 fully saturated rings. The van der Waals surface area contributed by atoms with Gasteiger partial charge in [-0.3, -0.25) is 0 Å². The molecule has 1 amide bonds. The third-order valence-electron chi connectivity index (χ3n) is 4.70. The Hall–Kier alpha value is -2.43. The van der Waals surface area contributed by atoms with Crippen LogP contribution in [0, 0.1) is 0 Å². The van der Waals surface area contributed by atoms with E-state index in [2.05, 4.69) is 18.5 Å². The first-order chi connectivity index (χ1) is 13.7. The van der Waals surface area contributed by atoms with Crippen molar-refractivity contribution in [2.75, 3.05) is 0 Å². The number of hydrogen-bond donors (Lipinski definition) is 1. The first kappa shape index (κ1) is 22.9. The van der Waals surface area contributed by atoms with E-state index in [9.17, 15) is 4.79 Å². The summed E-state index contributed by atoms with van der Waals surface area (Å²) in [6.07, 6.45) is 5.28. The third kappa shape index (κ3) is 9.07. The van der Waals surface area contributed by atoms with Crippen LogP contribution in [0.2, 0.25) is 0 Å². The van der Waals surface area contributed by atoms with Crippen molar-refractivity contribution in [3.63, 3.8) is 0 Å². The zero-order valence-electron chi connectivity index (χ0n) is 18.0. The minimum atomic E-state index is -0.565. The quantitative estimate of drug-likeness (QED) is 0.499. The van der Waals surface area contributed by atoms with Crippen LogP contribution in [0.5, 0.6) is 0 Å². The molecule has 2 rings (SSSR count). The molecule has 1 atom stereocenters.